The molecule has 0 radical (unpaired) electrons. The molecule has 70 valence electrons. The van der Waals surface area contributed by atoms with Crippen LogP contribution in [-0.2, 0) is 0 Å². The van der Waals surface area contributed by atoms with Gasteiger partial charge in [0.05, 0.1) is 0 Å². The van der Waals surface area contributed by atoms with Gasteiger partial charge in [0, 0.05) is 11.0 Å². The average molecular weight is 244 g/mol. The Kier molecular flexibility index (Phi) is 3.96. The summed E-state index contributed by atoms with van der Waals surface area (Å²) in [5.74, 6) is -0.293. The van der Waals surface area contributed by atoms with Crippen molar-refractivity contribution >= 4 is 27.7 Å². The summed E-state index contributed by atoms with van der Waals surface area (Å²) in [5, 5.41) is 0.911. The van der Waals surface area contributed by atoms with Gasteiger partial charge in [-0.3, -0.25) is 0 Å². The van der Waals surface area contributed by atoms with Crippen LogP contribution in [0.25, 0.3) is 6.08 Å². The average Bonchev–Trinajstić information content (AvgIpc) is 2.03. The van der Waals surface area contributed by atoms with E-state index in [9.17, 15) is 4.39 Å². The van der Waals surface area contributed by atoms with Crippen LogP contribution in [0.3, 0.4) is 0 Å². The first-order valence-electron chi connectivity index (χ1n) is 4.01. The van der Waals surface area contributed by atoms with Crippen LogP contribution in [0, 0.1) is 5.82 Å². The predicted molar refractivity (Wildman–Crippen MR) is 58.3 cm³/mol. The molecule has 0 atom stereocenters. The molecule has 0 saturated heterocycles. The van der Waals surface area contributed by atoms with Crippen molar-refractivity contribution in [3.63, 3.8) is 0 Å². The molecular formula is C10H11BrFN. The normalized spacial score (nSPS) is 10.9. The molecule has 1 nitrogen and oxygen atoms in total. The molecule has 0 amide bonds. The van der Waals surface area contributed by atoms with Crippen molar-refractivity contribution in [2.75, 3.05) is 11.1 Å². The largest absolute Gasteiger partial charge is 0.399 e. The fraction of sp³-hybridized carbons (Fsp3) is 0.200. The molecule has 0 aliphatic heterocycles. The first-order chi connectivity index (χ1) is 6.22. The van der Waals surface area contributed by atoms with Crippen LogP contribution < -0.4 is 5.73 Å². The highest BCUT2D eigenvalue weighted by Gasteiger charge is 1.94. The molecule has 0 bridgehead atoms. The Morgan fingerprint density at radius 3 is 2.77 bits per heavy atom. The van der Waals surface area contributed by atoms with Crippen molar-refractivity contribution in [2.45, 2.75) is 6.42 Å². The maximum atomic E-state index is 12.8. The summed E-state index contributed by atoms with van der Waals surface area (Å²) in [6, 6.07) is 4.51. The third kappa shape index (κ3) is 3.59. The second kappa shape index (κ2) is 5.02. The van der Waals surface area contributed by atoms with E-state index in [1.165, 1.54) is 12.1 Å². The number of nitrogens with two attached hydrogens (primary N) is 1. The lowest BCUT2D eigenvalue weighted by Gasteiger charge is -1.97. The molecule has 0 unspecified atom stereocenters. The van der Waals surface area contributed by atoms with Crippen LogP contribution in [-0.4, -0.2) is 5.33 Å². The zero-order valence-electron chi connectivity index (χ0n) is 7.13. The number of hydrogen-bond donors (Lipinski definition) is 1. The summed E-state index contributed by atoms with van der Waals surface area (Å²) in [7, 11) is 0. The molecule has 0 heterocycles. The minimum atomic E-state index is -0.293. The van der Waals surface area contributed by atoms with E-state index in [1.807, 2.05) is 12.2 Å². The molecule has 1 aromatic rings. The molecule has 0 saturated carbocycles. The zero-order chi connectivity index (χ0) is 9.68. The Hall–Kier alpha value is -0.830. The highest BCUT2D eigenvalue weighted by molar-refractivity contribution is 9.09. The molecule has 0 fully saturated rings. The number of benzene rings is 1. The van der Waals surface area contributed by atoms with Gasteiger partial charge in [-0.2, -0.15) is 0 Å². The van der Waals surface area contributed by atoms with Gasteiger partial charge in [-0.05, 0) is 30.2 Å². The summed E-state index contributed by atoms with van der Waals surface area (Å²) >= 11 is 3.30. The molecule has 0 spiro atoms. The monoisotopic (exact) mass is 243 g/mol. The SMILES string of the molecule is Nc1cc(F)cc(C=CCCBr)c1. The first kappa shape index (κ1) is 10.3. The molecule has 1 aromatic carbocycles. The van der Waals surface area contributed by atoms with E-state index in [2.05, 4.69) is 15.9 Å². The Labute approximate surface area is 85.6 Å². The number of halogens is 2. The second-order valence-electron chi connectivity index (χ2n) is 2.70. The second-order valence-corrected chi connectivity index (χ2v) is 3.49. The first-order valence-corrected chi connectivity index (χ1v) is 5.13. The van der Waals surface area contributed by atoms with Gasteiger partial charge in [-0.25, -0.2) is 4.39 Å². The molecule has 13 heavy (non-hydrogen) atoms. The van der Waals surface area contributed by atoms with Crippen LogP contribution in [0.2, 0.25) is 0 Å². The van der Waals surface area contributed by atoms with E-state index in [4.69, 9.17) is 5.73 Å². The van der Waals surface area contributed by atoms with Gasteiger partial charge in [0.1, 0.15) is 5.82 Å². The fourth-order valence-electron chi connectivity index (χ4n) is 1.01. The zero-order valence-corrected chi connectivity index (χ0v) is 8.72. The number of allylic oxidation sites excluding steroid dienone is 1. The Morgan fingerprint density at radius 2 is 2.15 bits per heavy atom. The maximum Gasteiger partial charge on any atom is 0.125 e. The topological polar surface area (TPSA) is 26.0 Å². The molecule has 2 N–H and O–H groups in total. The quantitative estimate of drug-likeness (QED) is 0.641. The van der Waals surface area contributed by atoms with Gasteiger partial charge >= 0.3 is 0 Å². The van der Waals surface area contributed by atoms with Crippen LogP contribution in [0.4, 0.5) is 10.1 Å². The van der Waals surface area contributed by atoms with E-state index in [0.717, 1.165) is 17.3 Å². The highest BCUT2D eigenvalue weighted by Crippen LogP contribution is 2.12. The molecule has 0 aromatic heterocycles. The number of nitrogen functional groups attached to an aromatic ring is 1. The van der Waals surface area contributed by atoms with Crippen molar-refractivity contribution in [3.8, 4) is 0 Å². The predicted octanol–water partition coefficient (Wildman–Crippen LogP) is 3.21. The van der Waals surface area contributed by atoms with Crippen molar-refractivity contribution in [1.82, 2.24) is 0 Å². The lowest BCUT2D eigenvalue weighted by molar-refractivity contribution is 0.628. The van der Waals surface area contributed by atoms with Crippen LogP contribution in [0.15, 0.2) is 24.3 Å². The summed E-state index contributed by atoms with van der Waals surface area (Å²) in [4.78, 5) is 0. The molecule has 3 heteroatoms. The van der Waals surface area contributed by atoms with E-state index in [1.54, 1.807) is 6.07 Å². The highest BCUT2D eigenvalue weighted by atomic mass is 79.9. The summed E-state index contributed by atoms with van der Waals surface area (Å²) < 4.78 is 12.8. The van der Waals surface area contributed by atoms with E-state index >= 15 is 0 Å². The number of alkyl halides is 1. The van der Waals surface area contributed by atoms with Crippen molar-refractivity contribution in [2.24, 2.45) is 0 Å². The Morgan fingerprint density at radius 1 is 1.38 bits per heavy atom. The van der Waals surface area contributed by atoms with Crippen molar-refractivity contribution in [3.05, 3.63) is 35.7 Å². The maximum absolute atomic E-state index is 12.8. The summed E-state index contributed by atoms with van der Waals surface area (Å²) in [6.45, 7) is 0. The third-order valence-electron chi connectivity index (χ3n) is 1.53. The minimum Gasteiger partial charge on any atom is -0.399 e. The lowest BCUT2D eigenvalue weighted by atomic mass is 10.2. The number of anilines is 1. The van der Waals surface area contributed by atoms with Gasteiger partial charge in [0.25, 0.3) is 0 Å². The molecule has 0 aliphatic carbocycles. The van der Waals surface area contributed by atoms with Gasteiger partial charge < -0.3 is 5.73 Å². The van der Waals surface area contributed by atoms with Gasteiger partial charge in [0.15, 0.2) is 0 Å². The van der Waals surface area contributed by atoms with Crippen LogP contribution in [0.5, 0.6) is 0 Å². The van der Waals surface area contributed by atoms with Gasteiger partial charge in [-0.1, -0.05) is 28.1 Å². The smallest absolute Gasteiger partial charge is 0.125 e. The molecule has 0 aliphatic rings. The van der Waals surface area contributed by atoms with Gasteiger partial charge in [-0.15, -0.1) is 0 Å². The Bertz CT molecular complexity index is 290. The van der Waals surface area contributed by atoms with Crippen molar-refractivity contribution < 1.29 is 4.39 Å². The standard InChI is InChI=1S/C10H11BrFN/c11-4-2-1-3-8-5-9(12)7-10(13)6-8/h1,3,5-7H,2,4,13H2. The van der Waals surface area contributed by atoms with Gasteiger partial charge in [0.2, 0.25) is 0 Å². The molecular weight excluding hydrogens is 233 g/mol. The molecule has 1 rings (SSSR count). The Balaban J connectivity index is 2.77. The van der Waals surface area contributed by atoms with Crippen LogP contribution >= 0.6 is 15.9 Å². The number of hydrogen-bond acceptors (Lipinski definition) is 1. The lowest BCUT2D eigenvalue weighted by Crippen LogP contribution is -1.87. The van der Waals surface area contributed by atoms with E-state index < -0.39 is 0 Å². The fourth-order valence-corrected chi connectivity index (χ4v) is 1.28. The number of rotatable bonds is 3. The van der Waals surface area contributed by atoms with E-state index in [-0.39, 0.29) is 5.82 Å². The minimum absolute atomic E-state index is 0.293. The third-order valence-corrected chi connectivity index (χ3v) is 1.99. The summed E-state index contributed by atoms with van der Waals surface area (Å²) in [6.07, 6.45) is 4.76. The summed E-state index contributed by atoms with van der Waals surface area (Å²) in [5.41, 5.74) is 6.74. The van der Waals surface area contributed by atoms with Crippen LogP contribution in [0.1, 0.15) is 12.0 Å². The van der Waals surface area contributed by atoms with E-state index in [0.29, 0.717) is 5.69 Å². The van der Waals surface area contributed by atoms with Crippen molar-refractivity contribution in [1.29, 1.82) is 0 Å².